The van der Waals surface area contributed by atoms with Crippen LogP contribution in [0, 0.1) is 0 Å². The Hall–Kier alpha value is -2.72. The number of halogens is 1. The highest BCUT2D eigenvalue weighted by atomic mass is 35.5. The van der Waals surface area contributed by atoms with E-state index >= 15 is 0 Å². The lowest BCUT2D eigenvalue weighted by molar-refractivity contribution is 0.0942. The van der Waals surface area contributed by atoms with E-state index < -0.39 is 0 Å². The molecule has 0 fully saturated rings. The maximum Gasteiger partial charge on any atom is 0.255 e. The van der Waals surface area contributed by atoms with Crippen molar-refractivity contribution in [3.8, 4) is 0 Å². The average molecular weight is 324 g/mol. The van der Waals surface area contributed by atoms with Gasteiger partial charge < -0.3 is 5.32 Å². The molecule has 0 aliphatic heterocycles. The van der Waals surface area contributed by atoms with Gasteiger partial charge in [0, 0.05) is 12.4 Å². The second-order valence-corrected chi connectivity index (χ2v) is 5.27. The summed E-state index contributed by atoms with van der Waals surface area (Å²) in [6.45, 7) is 0. The number of aromatic nitrogens is 2. The molecule has 0 saturated heterocycles. The lowest BCUT2D eigenvalue weighted by Crippen LogP contribution is -2.30. The van der Waals surface area contributed by atoms with E-state index in [1.54, 1.807) is 24.5 Å². The van der Waals surface area contributed by atoms with E-state index in [9.17, 15) is 4.79 Å². The lowest BCUT2D eigenvalue weighted by atomic mass is 10.0. The van der Waals surface area contributed by atoms with E-state index in [1.807, 2.05) is 48.5 Å². The molecule has 0 bridgehead atoms. The normalized spacial score (nSPS) is 11.7. The van der Waals surface area contributed by atoms with Crippen LogP contribution in [0.2, 0.25) is 5.15 Å². The maximum absolute atomic E-state index is 12.6. The Balaban J connectivity index is 1.94. The summed E-state index contributed by atoms with van der Waals surface area (Å²) in [5.74, 6) is -0.289. The number of amides is 1. The van der Waals surface area contributed by atoms with Crippen LogP contribution in [-0.4, -0.2) is 15.9 Å². The van der Waals surface area contributed by atoms with Gasteiger partial charge in [0.1, 0.15) is 5.15 Å². The van der Waals surface area contributed by atoms with Crippen LogP contribution in [0.5, 0.6) is 0 Å². The van der Waals surface area contributed by atoms with Crippen molar-refractivity contribution in [2.75, 3.05) is 0 Å². The van der Waals surface area contributed by atoms with Crippen LogP contribution in [0.4, 0.5) is 0 Å². The molecule has 0 radical (unpaired) electrons. The number of pyridine rings is 2. The molecule has 1 aromatic carbocycles. The molecule has 1 unspecified atom stereocenters. The third-order valence-electron chi connectivity index (χ3n) is 3.40. The van der Waals surface area contributed by atoms with Crippen LogP contribution in [-0.2, 0) is 0 Å². The molecule has 0 aliphatic carbocycles. The molecule has 3 aromatic rings. The Bertz CT molecular complexity index is 754. The highest BCUT2D eigenvalue weighted by Crippen LogP contribution is 2.21. The van der Waals surface area contributed by atoms with Gasteiger partial charge in [-0.05, 0) is 29.8 Å². The Kier molecular flexibility index (Phi) is 4.64. The number of rotatable bonds is 4. The number of carbonyl (C=O) groups excluding carboxylic acids is 1. The van der Waals surface area contributed by atoms with Crippen molar-refractivity contribution in [3.63, 3.8) is 0 Å². The molecule has 0 aliphatic rings. The van der Waals surface area contributed by atoms with Crippen molar-refractivity contribution in [1.82, 2.24) is 15.3 Å². The van der Waals surface area contributed by atoms with Gasteiger partial charge in [0.15, 0.2) is 0 Å². The fourth-order valence-electron chi connectivity index (χ4n) is 2.28. The molecule has 4 nitrogen and oxygen atoms in total. The van der Waals surface area contributed by atoms with Crippen LogP contribution < -0.4 is 5.32 Å². The van der Waals surface area contributed by atoms with Gasteiger partial charge in [0.2, 0.25) is 0 Å². The van der Waals surface area contributed by atoms with Crippen molar-refractivity contribution in [1.29, 1.82) is 0 Å². The molecule has 114 valence electrons. The molecule has 23 heavy (non-hydrogen) atoms. The van der Waals surface area contributed by atoms with Crippen molar-refractivity contribution in [2.45, 2.75) is 6.04 Å². The molecule has 0 saturated carbocycles. The number of hydrogen-bond donors (Lipinski definition) is 1. The fourth-order valence-corrected chi connectivity index (χ4v) is 2.49. The third kappa shape index (κ3) is 3.55. The van der Waals surface area contributed by atoms with Gasteiger partial charge in [-0.25, -0.2) is 4.98 Å². The van der Waals surface area contributed by atoms with Gasteiger partial charge in [0.25, 0.3) is 5.91 Å². The molecule has 0 spiro atoms. The average Bonchev–Trinajstić information content (AvgIpc) is 2.61. The summed E-state index contributed by atoms with van der Waals surface area (Å²) in [7, 11) is 0. The van der Waals surface area contributed by atoms with Crippen LogP contribution in [0.25, 0.3) is 0 Å². The van der Waals surface area contributed by atoms with Gasteiger partial charge in [-0.1, -0.05) is 48.0 Å². The molecule has 1 atom stereocenters. The summed E-state index contributed by atoms with van der Waals surface area (Å²) in [4.78, 5) is 20.9. The zero-order chi connectivity index (χ0) is 16.1. The first kappa shape index (κ1) is 15.2. The number of hydrogen-bond acceptors (Lipinski definition) is 3. The quantitative estimate of drug-likeness (QED) is 0.746. The zero-order valence-corrected chi connectivity index (χ0v) is 12.9. The topological polar surface area (TPSA) is 54.9 Å². The molecular weight excluding hydrogens is 310 g/mol. The van der Waals surface area contributed by atoms with Crippen molar-refractivity contribution in [2.24, 2.45) is 0 Å². The fraction of sp³-hybridized carbons (Fsp3) is 0.0556. The van der Waals surface area contributed by atoms with Crippen LogP contribution in [0.3, 0.4) is 0 Å². The van der Waals surface area contributed by atoms with E-state index in [1.165, 1.54) is 0 Å². The van der Waals surface area contributed by atoms with Gasteiger partial charge in [-0.15, -0.1) is 0 Å². The van der Waals surface area contributed by atoms with Gasteiger partial charge in [-0.2, -0.15) is 0 Å². The Morgan fingerprint density at radius 1 is 0.913 bits per heavy atom. The summed E-state index contributed by atoms with van der Waals surface area (Å²) in [6, 6.07) is 18.2. The minimum Gasteiger partial charge on any atom is -0.339 e. The van der Waals surface area contributed by atoms with Crippen LogP contribution >= 0.6 is 11.6 Å². The monoisotopic (exact) mass is 323 g/mol. The molecule has 2 aromatic heterocycles. The standard InChI is InChI=1S/C18H14ClN3O/c19-17-14(9-6-12-21-17)18(23)22-16(13-7-2-1-3-8-13)15-10-4-5-11-20-15/h1-12,16H,(H,22,23). The van der Waals surface area contributed by atoms with Crippen LogP contribution in [0.15, 0.2) is 73.1 Å². The summed E-state index contributed by atoms with van der Waals surface area (Å²) in [6.07, 6.45) is 3.25. The Morgan fingerprint density at radius 3 is 2.35 bits per heavy atom. The summed E-state index contributed by atoms with van der Waals surface area (Å²) in [5, 5.41) is 3.16. The summed E-state index contributed by atoms with van der Waals surface area (Å²) >= 11 is 6.01. The largest absolute Gasteiger partial charge is 0.339 e. The highest BCUT2D eigenvalue weighted by molar-refractivity contribution is 6.32. The first-order valence-electron chi connectivity index (χ1n) is 7.13. The Morgan fingerprint density at radius 2 is 1.65 bits per heavy atom. The second-order valence-electron chi connectivity index (χ2n) is 4.91. The zero-order valence-electron chi connectivity index (χ0n) is 12.2. The second kappa shape index (κ2) is 7.03. The van der Waals surface area contributed by atoms with E-state index in [-0.39, 0.29) is 17.1 Å². The van der Waals surface area contributed by atoms with E-state index in [0.717, 1.165) is 11.3 Å². The Labute approximate surface area is 139 Å². The summed E-state index contributed by atoms with van der Waals surface area (Å²) in [5.41, 5.74) is 2.04. The summed E-state index contributed by atoms with van der Waals surface area (Å²) < 4.78 is 0. The lowest BCUT2D eigenvalue weighted by Gasteiger charge is -2.19. The van der Waals surface area contributed by atoms with Crippen molar-refractivity contribution >= 4 is 17.5 Å². The minimum atomic E-state index is -0.360. The van der Waals surface area contributed by atoms with Gasteiger partial charge >= 0.3 is 0 Å². The smallest absolute Gasteiger partial charge is 0.255 e. The minimum absolute atomic E-state index is 0.179. The van der Waals surface area contributed by atoms with E-state index in [4.69, 9.17) is 11.6 Å². The molecular formula is C18H14ClN3O. The number of carbonyl (C=O) groups is 1. The third-order valence-corrected chi connectivity index (χ3v) is 3.70. The van der Waals surface area contributed by atoms with Gasteiger partial charge in [-0.3, -0.25) is 9.78 Å². The van der Waals surface area contributed by atoms with E-state index in [0.29, 0.717) is 5.56 Å². The van der Waals surface area contributed by atoms with Crippen molar-refractivity contribution < 1.29 is 4.79 Å². The number of nitrogens with zero attached hydrogens (tertiary/aromatic N) is 2. The highest BCUT2D eigenvalue weighted by Gasteiger charge is 2.20. The first-order valence-corrected chi connectivity index (χ1v) is 7.51. The molecule has 1 N–H and O–H groups in total. The predicted molar refractivity (Wildman–Crippen MR) is 89.2 cm³/mol. The molecule has 3 rings (SSSR count). The molecule has 5 heteroatoms. The SMILES string of the molecule is O=C(NC(c1ccccc1)c1ccccn1)c1cccnc1Cl. The molecule has 2 heterocycles. The number of nitrogens with one attached hydrogen (secondary N) is 1. The van der Waals surface area contributed by atoms with E-state index in [2.05, 4.69) is 15.3 Å². The van der Waals surface area contributed by atoms with Crippen molar-refractivity contribution in [3.05, 3.63) is 95.0 Å². The molecule has 1 amide bonds. The maximum atomic E-state index is 12.6. The van der Waals surface area contributed by atoms with Gasteiger partial charge in [0.05, 0.1) is 17.3 Å². The predicted octanol–water partition coefficient (Wildman–Crippen LogP) is 3.65. The first-order chi connectivity index (χ1) is 11.3. The van der Waals surface area contributed by atoms with Crippen LogP contribution in [0.1, 0.15) is 27.7 Å². The number of benzene rings is 1.